The predicted molar refractivity (Wildman–Crippen MR) is 92.6 cm³/mol. The average molecular weight is 327 g/mol. The van der Waals surface area contributed by atoms with Crippen molar-refractivity contribution < 1.29 is 9.90 Å². The molecule has 0 amide bonds. The normalized spacial score (nSPS) is 19.1. The number of likely N-dealkylation sites (tertiary alicyclic amines) is 1. The van der Waals surface area contributed by atoms with Crippen molar-refractivity contribution in [3.05, 3.63) is 54.1 Å². The Morgan fingerprint density at radius 3 is 2.79 bits per heavy atom. The molecular formula is C19H25N3O2. The average Bonchev–Trinajstić information content (AvgIpc) is 2.87. The number of imidazole rings is 1. The summed E-state index contributed by atoms with van der Waals surface area (Å²) in [5.74, 6) is 0.721. The highest BCUT2D eigenvalue weighted by Gasteiger charge is 2.20. The molecule has 1 aromatic carbocycles. The van der Waals surface area contributed by atoms with Crippen LogP contribution in [0.5, 0.6) is 0 Å². The van der Waals surface area contributed by atoms with Crippen molar-refractivity contribution in [2.75, 3.05) is 13.1 Å². The Bertz CT molecular complexity index is 654. The predicted octanol–water partition coefficient (Wildman–Crippen LogP) is 3.01. The molecule has 0 saturated carbocycles. The van der Waals surface area contributed by atoms with Crippen LogP contribution in [0.15, 0.2) is 42.7 Å². The molecule has 5 nitrogen and oxygen atoms in total. The number of nitrogens with zero attached hydrogens (tertiary/aromatic N) is 3. The highest BCUT2D eigenvalue weighted by Crippen LogP contribution is 2.21. The quantitative estimate of drug-likeness (QED) is 0.886. The Hall–Kier alpha value is -2.14. The maximum absolute atomic E-state index is 10.9. The van der Waals surface area contributed by atoms with Gasteiger partial charge in [0.05, 0.1) is 6.54 Å². The summed E-state index contributed by atoms with van der Waals surface area (Å²) in [6.07, 6.45) is 7.25. The summed E-state index contributed by atoms with van der Waals surface area (Å²) < 4.78 is 2.20. The largest absolute Gasteiger partial charge is 0.481 e. The fourth-order valence-corrected chi connectivity index (χ4v) is 3.45. The van der Waals surface area contributed by atoms with Crippen molar-refractivity contribution in [2.24, 2.45) is 5.92 Å². The zero-order valence-electron chi connectivity index (χ0n) is 14.0. The van der Waals surface area contributed by atoms with Crippen LogP contribution in [-0.4, -0.2) is 38.6 Å². The Labute approximate surface area is 142 Å². The van der Waals surface area contributed by atoms with Crippen LogP contribution in [0.4, 0.5) is 0 Å². The molecule has 2 aromatic rings. The van der Waals surface area contributed by atoms with Gasteiger partial charge in [-0.1, -0.05) is 30.3 Å². The second-order valence-corrected chi connectivity index (χ2v) is 6.63. The van der Waals surface area contributed by atoms with E-state index in [0.717, 1.165) is 51.3 Å². The van der Waals surface area contributed by atoms with Gasteiger partial charge in [0.25, 0.3) is 0 Å². The first kappa shape index (κ1) is 16.7. The molecule has 0 radical (unpaired) electrons. The van der Waals surface area contributed by atoms with Crippen LogP contribution in [0.2, 0.25) is 0 Å². The van der Waals surface area contributed by atoms with Gasteiger partial charge >= 0.3 is 5.97 Å². The molecule has 128 valence electrons. The molecule has 0 aliphatic carbocycles. The molecule has 0 spiro atoms. The summed E-state index contributed by atoms with van der Waals surface area (Å²) in [4.78, 5) is 17.8. The minimum atomic E-state index is -0.674. The lowest BCUT2D eigenvalue weighted by molar-refractivity contribution is -0.138. The Kier molecular flexibility index (Phi) is 5.64. The van der Waals surface area contributed by atoms with E-state index in [2.05, 4.69) is 38.7 Å². The summed E-state index contributed by atoms with van der Waals surface area (Å²) in [5, 5.41) is 8.98. The van der Waals surface area contributed by atoms with E-state index >= 15 is 0 Å². The van der Waals surface area contributed by atoms with Crippen LogP contribution in [0.3, 0.4) is 0 Å². The van der Waals surface area contributed by atoms with E-state index in [9.17, 15) is 4.79 Å². The number of aliphatic carboxylic acids is 1. The van der Waals surface area contributed by atoms with Gasteiger partial charge in [-0.15, -0.1) is 0 Å². The number of aromatic nitrogens is 2. The molecule has 1 aromatic heterocycles. The van der Waals surface area contributed by atoms with Gasteiger partial charge in [0, 0.05) is 25.4 Å². The molecule has 1 fully saturated rings. The SMILES string of the molecule is O=C(O)C[C@H]1CCCN(Cc2nccn2Cc2ccccc2)CC1. The maximum Gasteiger partial charge on any atom is 0.303 e. The minimum Gasteiger partial charge on any atom is -0.481 e. The number of carboxylic acid groups (broad SMARTS) is 1. The van der Waals surface area contributed by atoms with Crippen molar-refractivity contribution in [3.63, 3.8) is 0 Å². The third-order valence-corrected chi connectivity index (χ3v) is 4.77. The van der Waals surface area contributed by atoms with Crippen molar-refractivity contribution in [2.45, 2.75) is 38.8 Å². The fourth-order valence-electron chi connectivity index (χ4n) is 3.45. The standard InChI is InChI=1S/C19H25N3O2/c23-19(24)13-16-7-4-10-21(11-8-16)15-18-20-9-12-22(18)14-17-5-2-1-3-6-17/h1-3,5-6,9,12,16H,4,7-8,10-11,13-15H2,(H,23,24)/t16-/m0/s1. The van der Waals surface area contributed by atoms with E-state index < -0.39 is 5.97 Å². The van der Waals surface area contributed by atoms with Crippen LogP contribution in [0.1, 0.15) is 37.1 Å². The van der Waals surface area contributed by atoms with Gasteiger partial charge < -0.3 is 9.67 Å². The number of hydrogen-bond acceptors (Lipinski definition) is 3. The summed E-state index contributed by atoms with van der Waals surface area (Å²) in [7, 11) is 0. The zero-order valence-corrected chi connectivity index (χ0v) is 14.0. The summed E-state index contributed by atoms with van der Waals surface area (Å²) in [6.45, 7) is 3.65. The highest BCUT2D eigenvalue weighted by atomic mass is 16.4. The van der Waals surface area contributed by atoms with E-state index in [1.54, 1.807) is 0 Å². The minimum absolute atomic E-state index is 0.302. The van der Waals surface area contributed by atoms with Gasteiger partial charge in [0.2, 0.25) is 0 Å². The van der Waals surface area contributed by atoms with Crippen LogP contribution in [0.25, 0.3) is 0 Å². The molecule has 1 aliphatic rings. The van der Waals surface area contributed by atoms with E-state index in [1.165, 1.54) is 5.56 Å². The Balaban J connectivity index is 1.58. The van der Waals surface area contributed by atoms with Gasteiger partial charge in [-0.05, 0) is 43.8 Å². The number of carbonyl (C=O) groups is 1. The summed E-state index contributed by atoms with van der Waals surface area (Å²) in [6, 6.07) is 10.4. The molecule has 1 atom stereocenters. The number of carboxylic acids is 1. The molecule has 1 N–H and O–H groups in total. The molecule has 0 unspecified atom stereocenters. The second kappa shape index (κ2) is 8.11. The van der Waals surface area contributed by atoms with Crippen LogP contribution < -0.4 is 0 Å². The molecule has 0 bridgehead atoms. The van der Waals surface area contributed by atoms with Gasteiger partial charge in [0.15, 0.2) is 0 Å². The first-order chi connectivity index (χ1) is 11.7. The van der Waals surface area contributed by atoms with Crippen molar-refractivity contribution in [1.29, 1.82) is 0 Å². The molecule has 24 heavy (non-hydrogen) atoms. The molecule has 5 heteroatoms. The zero-order chi connectivity index (χ0) is 16.8. The van der Waals surface area contributed by atoms with E-state index in [0.29, 0.717) is 12.3 Å². The first-order valence-electron chi connectivity index (χ1n) is 8.69. The first-order valence-corrected chi connectivity index (χ1v) is 8.69. The molecule has 3 rings (SSSR count). The summed E-state index contributed by atoms with van der Waals surface area (Å²) in [5.41, 5.74) is 1.27. The molecule has 2 heterocycles. The lowest BCUT2D eigenvalue weighted by Gasteiger charge is -2.20. The topological polar surface area (TPSA) is 58.4 Å². The van der Waals surface area contributed by atoms with Crippen molar-refractivity contribution in [1.82, 2.24) is 14.5 Å². The number of rotatable bonds is 6. The lowest BCUT2D eigenvalue weighted by atomic mass is 9.97. The summed E-state index contributed by atoms with van der Waals surface area (Å²) >= 11 is 0. The van der Waals surface area contributed by atoms with Gasteiger partial charge in [-0.3, -0.25) is 9.69 Å². The third-order valence-electron chi connectivity index (χ3n) is 4.77. The van der Waals surface area contributed by atoms with E-state index in [1.807, 2.05) is 18.5 Å². The number of benzene rings is 1. The van der Waals surface area contributed by atoms with Gasteiger partial charge in [-0.2, -0.15) is 0 Å². The van der Waals surface area contributed by atoms with Crippen LogP contribution >= 0.6 is 0 Å². The Morgan fingerprint density at radius 2 is 2.00 bits per heavy atom. The number of hydrogen-bond donors (Lipinski definition) is 1. The van der Waals surface area contributed by atoms with Crippen LogP contribution in [0, 0.1) is 5.92 Å². The van der Waals surface area contributed by atoms with Gasteiger partial charge in [0.1, 0.15) is 5.82 Å². The maximum atomic E-state index is 10.9. The van der Waals surface area contributed by atoms with E-state index in [-0.39, 0.29) is 0 Å². The van der Waals surface area contributed by atoms with Gasteiger partial charge in [-0.25, -0.2) is 4.98 Å². The molecular weight excluding hydrogens is 302 g/mol. The smallest absolute Gasteiger partial charge is 0.303 e. The third kappa shape index (κ3) is 4.68. The lowest BCUT2D eigenvalue weighted by Crippen LogP contribution is -2.26. The molecule has 1 saturated heterocycles. The fraction of sp³-hybridized carbons (Fsp3) is 0.474. The van der Waals surface area contributed by atoms with Crippen LogP contribution in [-0.2, 0) is 17.9 Å². The van der Waals surface area contributed by atoms with Crippen molar-refractivity contribution >= 4 is 5.97 Å². The monoisotopic (exact) mass is 327 g/mol. The van der Waals surface area contributed by atoms with Crippen molar-refractivity contribution in [3.8, 4) is 0 Å². The highest BCUT2D eigenvalue weighted by molar-refractivity contribution is 5.67. The van der Waals surface area contributed by atoms with E-state index in [4.69, 9.17) is 5.11 Å². The Morgan fingerprint density at radius 1 is 1.17 bits per heavy atom. The second-order valence-electron chi connectivity index (χ2n) is 6.63. The molecule has 1 aliphatic heterocycles.